The molecule has 1 unspecified atom stereocenters. The lowest BCUT2D eigenvalue weighted by molar-refractivity contribution is 0.711. The molecule has 0 fully saturated rings. The molecule has 0 amide bonds. The molecule has 2 N–H and O–H groups in total. The number of hydrogen-bond donors (Lipinski definition) is 2. The number of thiophene rings is 2. The Morgan fingerprint density at radius 2 is 2.22 bits per heavy atom. The molecular formula is C13H16N2S3. The molecule has 2 rings (SSSR count). The minimum Gasteiger partial charge on any atom is -0.358 e. The molecule has 2 heterocycles. The van der Waals surface area contributed by atoms with Crippen LogP contribution < -0.4 is 10.6 Å². The Bertz CT molecular complexity index is 502. The third-order valence-corrected chi connectivity index (χ3v) is 4.86. The summed E-state index contributed by atoms with van der Waals surface area (Å²) >= 11 is 8.84. The first-order valence-electron chi connectivity index (χ1n) is 5.78. The number of rotatable bonds is 4. The van der Waals surface area contributed by atoms with Crippen LogP contribution in [0.4, 0.5) is 0 Å². The van der Waals surface area contributed by atoms with E-state index in [0.717, 1.165) is 6.54 Å². The summed E-state index contributed by atoms with van der Waals surface area (Å²) in [4.78, 5) is 3.93. The monoisotopic (exact) mass is 296 g/mol. The van der Waals surface area contributed by atoms with Crippen LogP contribution in [0.25, 0.3) is 0 Å². The van der Waals surface area contributed by atoms with E-state index in [0.29, 0.717) is 5.11 Å². The quantitative estimate of drug-likeness (QED) is 0.838. The third kappa shape index (κ3) is 3.80. The van der Waals surface area contributed by atoms with Gasteiger partial charge in [-0.2, -0.15) is 0 Å². The Morgan fingerprint density at radius 3 is 2.83 bits per heavy atom. The van der Waals surface area contributed by atoms with Gasteiger partial charge < -0.3 is 10.6 Å². The van der Waals surface area contributed by atoms with Crippen LogP contribution in [0.3, 0.4) is 0 Å². The number of aryl methyl sites for hydroxylation is 1. The van der Waals surface area contributed by atoms with Gasteiger partial charge in [0, 0.05) is 14.6 Å². The molecule has 0 saturated carbocycles. The summed E-state index contributed by atoms with van der Waals surface area (Å²) in [6.07, 6.45) is 0. The molecule has 96 valence electrons. The Morgan fingerprint density at radius 1 is 1.39 bits per heavy atom. The summed E-state index contributed by atoms with van der Waals surface area (Å²) in [7, 11) is 0. The molecule has 5 heteroatoms. The first-order valence-corrected chi connectivity index (χ1v) is 7.88. The van der Waals surface area contributed by atoms with Crippen molar-refractivity contribution in [3.05, 3.63) is 44.3 Å². The first-order chi connectivity index (χ1) is 8.65. The zero-order valence-electron chi connectivity index (χ0n) is 10.4. The summed E-state index contributed by atoms with van der Waals surface area (Å²) in [5.41, 5.74) is 0. The van der Waals surface area contributed by atoms with Gasteiger partial charge in [0.2, 0.25) is 0 Å². The second-order valence-corrected chi connectivity index (χ2v) is 6.84. The predicted molar refractivity (Wildman–Crippen MR) is 84.4 cm³/mol. The fraction of sp³-hybridized carbons (Fsp3) is 0.308. The number of thiocarbonyl (C=S) groups is 1. The lowest BCUT2D eigenvalue weighted by Gasteiger charge is -2.15. The molecular weight excluding hydrogens is 280 g/mol. The maximum atomic E-state index is 5.30. The predicted octanol–water partition coefficient (Wildman–Crippen LogP) is 3.84. The van der Waals surface area contributed by atoms with E-state index in [1.54, 1.807) is 22.7 Å². The van der Waals surface area contributed by atoms with Crippen molar-refractivity contribution in [2.45, 2.75) is 26.4 Å². The van der Waals surface area contributed by atoms with Crippen LogP contribution in [-0.2, 0) is 6.54 Å². The van der Waals surface area contributed by atoms with Crippen molar-refractivity contribution in [2.75, 3.05) is 0 Å². The summed E-state index contributed by atoms with van der Waals surface area (Å²) in [5, 5.41) is 9.32. The van der Waals surface area contributed by atoms with Crippen LogP contribution in [0, 0.1) is 6.92 Å². The van der Waals surface area contributed by atoms with Crippen LogP contribution in [0.1, 0.15) is 27.6 Å². The standard InChI is InChI=1S/C13H16N2S3/c1-9-5-6-12(18-9)10(2)15-13(16)14-8-11-4-3-7-17-11/h3-7,10H,8H2,1-2H3,(H2,14,15,16). The lowest BCUT2D eigenvalue weighted by atomic mass is 10.3. The van der Waals surface area contributed by atoms with Crippen molar-refractivity contribution >= 4 is 40.0 Å². The van der Waals surface area contributed by atoms with Gasteiger partial charge in [-0.05, 0) is 49.6 Å². The smallest absolute Gasteiger partial charge is 0.167 e. The van der Waals surface area contributed by atoms with Gasteiger partial charge in [0.05, 0.1) is 12.6 Å². The second-order valence-electron chi connectivity index (χ2n) is 4.08. The molecule has 1 atom stereocenters. The largest absolute Gasteiger partial charge is 0.358 e. The van der Waals surface area contributed by atoms with Gasteiger partial charge in [0.1, 0.15) is 0 Å². The summed E-state index contributed by atoms with van der Waals surface area (Å²) in [6.45, 7) is 5.04. The maximum Gasteiger partial charge on any atom is 0.167 e. The van der Waals surface area contributed by atoms with Gasteiger partial charge in [-0.25, -0.2) is 0 Å². The van der Waals surface area contributed by atoms with E-state index < -0.39 is 0 Å². The maximum absolute atomic E-state index is 5.30. The zero-order chi connectivity index (χ0) is 13.0. The summed E-state index contributed by atoms with van der Waals surface area (Å²) in [6, 6.07) is 8.70. The lowest BCUT2D eigenvalue weighted by Crippen LogP contribution is -2.35. The van der Waals surface area contributed by atoms with Gasteiger partial charge in [-0.15, -0.1) is 22.7 Å². The summed E-state index contributed by atoms with van der Waals surface area (Å²) < 4.78 is 0. The number of hydrogen-bond acceptors (Lipinski definition) is 3. The van der Waals surface area contributed by atoms with Gasteiger partial charge >= 0.3 is 0 Å². The van der Waals surface area contributed by atoms with Crippen molar-refractivity contribution < 1.29 is 0 Å². The minimum absolute atomic E-state index is 0.257. The van der Waals surface area contributed by atoms with E-state index >= 15 is 0 Å². The second kappa shape index (κ2) is 6.31. The van der Waals surface area contributed by atoms with Crippen molar-refractivity contribution in [3.8, 4) is 0 Å². The third-order valence-electron chi connectivity index (χ3n) is 2.54. The molecule has 0 aliphatic heterocycles. The highest BCUT2D eigenvalue weighted by atomic mass is 32.1. The average molecular weight is 296 g/mol. The Kier molecular flexibility index (Phi) is 4.74. The molecule has 0 saturated heterocycles. The molecule has 0 aliphatic carbocycles. The molecule has 0 aromatic carbocycles. The van der Waals surface area contributed by atoms with E-state index in [4.69, 9.17) is 12.2 Å². The fourth-order valence-corrected chi connectivity index (χ4v) is 3.36. The minimum atomic E-state index is 0.257. The van der Waals surface area contributed by atoms with E-state index in [1.807, 2.05) is 0 Å². The van der Waals surface area contributed by atoms with Crippen LogP contribution in [0.5, 0.6) is 0 Å². The van der Waals surface area contributed by atoms with Crippen LogP contribution in [0.15, 0.2) is 29.6 Å². The van der Waals surface area contributed by atoms with Gasteiger partial charge in [0.15, 0.2) is 5.11 Å². The Balaban J connectivity index is 1.80. The van der Waals surface area contributed by atoms with Gasteiger partial charge in [-0.1, -0.05) is 6.07 Å². The van der Waals surface area contributed by atoms with Crippen LogP contribution in [0.2, 0.25) is 0 Å². The van der Waals surface area contributed by atoms with Crippen molar-refractivity contribution in [1.82, 2.24) is 10.6 Å². The first kappa shape index (κ1) is 13.5. The van der Waals surface area contributed by atoms with E-state index in [-0.39, 0.29) is 6.04 Å². The Hall–Kier alpha value is -0.910. The molecule has 0 radical (unpaired) electrons. The zero-order valence-corrected chi connectivity index (χ0v) is 12.8. The average Bonchev–Trinajstić information content (AvgIpc) is 2.97. The fourth-order valence-electron chi connectivity index (χ4n) is 1.59. The van der Waals surface area contributed by atoms with Gasteiger partial charge in [0.25, 0.3) is 0 Å². The highest BCUT2D eigenvalue weighted by Gasteiger charge is 2.08. The molecule has 18 heavy (non-hydrogen) atoms. The molecule has 0 bridgehead atoms. The van der Waals surface area contributed by atoms with E-state index in [1.165, 1.54) is 14.6 Å². The van der Waals surface area contributed by atoms with Crippen LogP contribution in [-0.4, -0.2) is 5.11 Å². The molecule has 2 aromatic rings. The highest BCUT2D eigenvalue weighted by molar-refractivity contribution is 7.80. The van der Waals surface area contributed by atoms with E-state index in [2.05, 4.69) is 54.1 Å². The molecule has 2 aromatic heterocycles. The normalized spacial score (nSPS) is 12.1. The van der Waals surface area contributed by atoms with Crippen LogP contribution >= 0.6 is 34.9 Å². The SMILES string of the molecule is Cc1ccc(C(C)NC(=S)NCc2cccs2)s1. The topological polar surface area (TPSA) is 24.1 Å². The summed E-state index contributed by atoms with van der Waals surface area (Å²) in [5.74, 6) is 0. The highest BCUT2D eigenvalue weighted by Crippen LogP contribution is 2.22. The van der Waals surface area contributed by atoms with Gasteiger partial charge in [-0.3, -0.25) is 0 Å². The van der Waals surface area contributed by atoms with Crippen molar-refractivity contribution in [1.29, 1.82) is 0 Å². The van der Waals surface area contributed by atoms with E-state index in [9.17, 15) is 0 Å². The molecule has 0 spiro atoms. The Labute approximate surface area is 121 Å². The molecule has 0 aliphatic rings. The van der Waals surface area contributed by atoms with Crippen molar-refractivity contribution in [3.63, 3.8) is 0 Å². The van der Waals surface area contributed by atoms with Crippen molar-refractivity contribution in [2.24, 2.45) is 0 Å². The molecule has 2 nitrogen and oxygen atoms in total. The number of nitrogens with one attached hydrogen (secondary N) is 2.